The quantitative estimate of drug-likeness (QED) is 0.855. The number of halogens is 3. The van der Waals surface area contributed by atoms with E-state index >= 15 is 0 Å². The molecule has 0 radical (unpaired) electrons. The molecule has 1 fully saturated rings. The van der Waals surface area contributed by atoms with Gasteiger partial charge in [-0.3, -0.25) is 4.68 Å². The summed E-state index contributed by atoms with van der Waals surface area (Å²) in [4.78, 5) is -0.252. The molecule has 0 bridgehead atoms. The first-order valence-electron chi connectivity index (χ1n) is 6.50. The van der Waals surface area contributed by atoms with E-state index in [0.717, 1.165) is 12.4 Å². The molecular weight excluding hydrogens is 309 g/mol. The monoisotopic (exact) mass is 326 g/mol. The van der Waals surface area contributed by atoms with Crippen LogP contribution >= 0.6 is 0 Å². The van der Waals surface area contributed by atoms with E-state index in [1.54, 1.807) is 0 Å². The zero-order valence-corrected chi connectivity index (χ0v) is 12.2. The lowest BCUT2D eigenvalue weighted by Gasteiger charge is -2.29. The van der Waals surface area contributed by atoms with Crippen LogP contribution in [0.1, 0.15) is 13.3 Å². The van der Waals surface area contributed by atoms with Crippen molar-refractivity contribution in [1.29, 1.82) is 0 Å². The Bertz CT molecular complexity index is 585. The minimum atomic E-state index is -4.44. The third-order valence-electron chi connectivity index (χ3n) is 3.35. The van der Waals surface area contributed by atoms with E-state index in [1.807, 2.05) is 6.92 Å². The lowest BCUT2D eigenvalue weighted by molar-refractivity contribution is -0.142. The zero-order valence-electron chi connectivity index (χ0n) is 11.4. The number of hydrogen-bond donors (Lipinski definition) is 2. The van der Waals surface area contributed by atoms with E-state index in [1.165, 1.54) is 0 Å². The van der Waals surface area contributed by atoms with E-state index in [0.29, 0.717) is 24.2 Å². The fraction of sp³-hybridized carbons (Fsp3) is 0.727. The van der Waals surface area contributed by atoms with E-state index in [-0.39, 0.29) is 16.9 Å². The van der Waals surface area contributed by atoms with Crippen molar-refractivity contribution in [2.24, 2.45) is 5.92 Å². The van der Waals surface area contributed by atoms with Crippen molar-refractivity contribution < 1.29 is 21.6 Å². The fourth-order valence-corrected chi connectivity index (χ4v) is 3.54. The second-order valence-corrected chi connectivity index (χ2v) is 6.90. The molecule has 1 aliphatic heterocycles. The minimum Gasteiger partial charge on any atom is -0.316 e. The topological polar surface area (TPSA) is 76.0 Å². The Morgan fingerprint density at radius 1 is 1.52 bits per heavy atom. The average Bonchev–Trinajstić information content (AvgIpc) is 2.79. The van der Waals surface area contributed by atoms with Gasteiger partial charge in [-0.15, -0.1) is 0 Å². The summed E-state index contributed by atoms with van der Waals surface area (Å²) >= 11 is 0. The van der Waals surface area contributed by atoms with Crippen molar-refractivity contribution >= 4 is 10.0 Å². The van der Waals surface area contributed by atoms with Crippen molar-refractivity contribution in [2.45, 2.75) is 37.0 Å². The maximum absolute atomic E-state index is 12.2. The summed E-state index contributed by atoms with van der Waals surface area (Å²) in [6.45, 7) is 1.99. The second-order valence-electron chi connectivity index (χ2n) is 5.19. The summed E-state index contributed by atoms with van der Waals surface area (Å²) in [5.41, 5.74) is 0. The van der Waals surface area contributed by atoms with Gasteiger partial charge in [-0.1, -0.05) is 6.92 Å². The highest BCUT2D eigenvalue weighted by Gasteiger charge is 2.30. The number of rotatable bonds is 4. The number of nitrogens with zero attached hydrogens (tertiary/aromatic N) is 2. The normalized spacial score (nSPS) is 24.2. The van der Waals surface area contributed by atoms with Crippen LogP contribution in [-0.2, 0) is 16.6 Å². The summed E-state index contributed by atoms with van der Waals surface area (Å²) in [6.07, 6.45) is -1.98. The number of piperidine rings is 1. The molecule has 0 aromatic carbocycles. The van der Waals surface area contributed by atoms with Crippen molar-refractivity contribution in [3.8, 4) is 0 Å². The Kier molecular flexibility index (Phi) is 4.59. The molecule has 0 saturated carbocycles. The second kappa shape index (κ2) is 5.93. The number of aromatic nitrogens is 2. The largest absolute Gasteiger partial charge is 0.408 e. The summed E-state index contributed by atoms with van der Waals surface area (Å²) in [5, 5.41) is 6.59. The van der Waals surface area contributed by atoms with Gasteiger partial charge in [0.1, 0.15) is 11.4 Å². The Balaban J connectivity index is 2.09. The molecule has 1 aliphatic rings. The predicted octanol–water partition coefficient (Wildman–Crippen LogP) is 0.722. The van der Waals surface area contributed by atoms with Crippen LogP contribution < -0.4 is 10.0 Å². The Morgan fingerprint density at radius 3 is 2.86 bits per heavy atom. The van der Waals surface area contributed by atoms with Crippen molar-refractivity contribution in [1.82, 2.24) is 19.8 Å². The third kappa shape index (κ3) is 4.42. The van der Waals surface area contributed by atoms with Crippen LogP contribution in [0.5, 0.6) is 0 Å². The molecule has 2 unspecified atom stereocenters. The predicted molar refractivity (Wildman–Crippen MR) is 69.0 cm³/mol. The van der Waals surface area contributed by atoms with Crippen LogP contribution in [0.2, 0.25) is 0 Å². The Hall–Kier alpha value is -1.13. The molecule has 2 N–H and O–H groups in total. The molecule has 0 aliphatic carbocycles. The van der Waals surface area contributed by atoms with Gasteiger partial charge in [0.2, 0.25) is 10.0 Å². The molecule has 10 heteroatoms. The molecule has 2 rings (SSSR count). The SMILES string of the molecule is CC1CNCCC1NS(=O)(=O)c1cnn(CC(F)(F)F)c1. The molecule has 2 heterocycles. The van der Waals surface area contributed by atoms with Crippen LogP contribution in [-0.4, -0.2) is 43.5 Å². The molecule has 1 aromatic heterocycles. The first-order chi connectivity index (χ1) is 9.67. The van der Waals surface area contributed by atoms with Crippen LogP contribution in [0.3, 0.4) is 0 Å². The highest BCUT2D eigenvalue weighted by molar-refractivity contribution is 7.89. The van der Waals surface area contributed by atoms with Crippen molar-refractivity contribution in [3.63, 3.8) is 0 Å². The molecule has 1 saturated heterocycles. The van der Waals surface area contributed by atoms with Crippen LogP contribution in [0.25, 0.3) is 0 Å². The molecule has 1 aromatic rings. The van der Waals surface area contributed by atoms with Gasteiger partial charge in [0.05, 0.1) is 6.20 Å². The standard InChI is InChI=1S/C11H17F3N4O2S/c1-8-4-15-3-2-10(8)17-21(19,20)9-5-16-18(6-9)7-11(12,13)14/h5-6,8,10,15,17H,2-4,7H2,1H3. The van der Waals surface area contributed by atoms with E-state index < -0.39 is 22.7 Å². The number of alkyl halides is 3. The third-order valence-corrected chi connectivity index (χ3v) is 4.80. The Labute approximate surface area is 120 Å². The highest BCUT2D eigenvalue weighted by Crippen LogP contribution is 2.19. The molecule has 2 atom stereocenters. The molecule has 6 nitrogen and oxygen atoms in total. The van der Waals surface area contributed by atoms with Gasteiger partial charge in [0.25, 0.3) is 0 Å². The van der Waals surface area contributed by atoms with Gasteiger partial charge in [-0.2, -0.15) is 18.3 Å². The van der Waals surface area contributed by atoms with Gasteiger partial charge >= 0.3 is 6.18 Å². The molecule has 21 heavy (non-hydrogen) atoms. The van der Waals surface area contributed by atoms with Gasteiger partial charge in [0, 0.05) is 12.2 Å². The lowest BCUT2D eigenvalue weighted by atomic mass is 9.97. The van der Waals surface area contributed by atoms with E-state index in [4.69, 9.17) is 0 Å². The summed E-state index contributed by atoms with van der Waals surface area (Å²) in [5.74, 6) is 0.110. The smallest absolute Gasteiger partial charge is 0.316 e. The maximum Gasteiger partial charge on any atom is 0.408 e. The molecule has 0 amide bonds. The van der Waals surface area contributed by atoms with Crippen molar-refractivity contribution in [3.05, 3.63) is 12.4 Å². The van der Waals surface area contributed by atoms with Gasteiger partial charge < -0.3 is 5.32 Å². The highest BCUT2D eigenvalue weighted by atomic mass is 32.2. The first-order valence-corrected chi connectivity index (χ1v) is 7.98. The summed E-state index contributed by atoms with van der Waals surface area (Å²) in [7, 11) is -3.86. The maximum atomic E-state index is 12.2. The lowest BCUT2D eigenvalue weighted by Crippen LogP contribution is -2.48. The fourth-order valence-electron chi connectivity index (χ4n) is 2.21. The van der Waals surface area contributed by atoms with Crippen LogP contribution in [0.4, 0.5) is 13.2 Å². The molecular formula is C11H17F3N4O2S. The average molecular weight is 326 g/mol. The summed E-state index contributed by atoms with van der Waals surface area (Å²) < 4.78 is 64.1. The van der Waals surface area contributed by atoms with Crippen LogP contribution in [0.15, 0.2) is 17.3 Å². The first kappa shape index (κ1) is 16.2. The van der Waals surface area contributed by atoms with E-state index in [2.05, 4.69) is 15.1 Å². The number of sulfonamides is 1. The number of nitrogens with one attached hydrogen (secondary N) is 2. The molecule has 120 valence electrons. The summed E-state index contributed by atoms with van der Waals surface area (Å²) in [6, 6.07) is -0.234. The Morgan fingerprint density at radius 2 is 2.24 bits per heavy atom. The van der Waals surface area contributed by atoms with Crippen molar-refractivity contribution in [2.75, 3.05) is 13.1 Å². The van der Waals surface area contributed by atoms with Crippen LogP contribution in [0, 0.1) is 5.92 Å². The van der Waals surface area contributed by atoms with Gasteiger partial charge in [0.15, 0.2) is 0 Å². The minimum absolute atomic E-state index is 0.110. The molecule has 0 spiro atoms. The number of hydrogen-bond acceptors (Lipinski definition) is 4. The zero-order chi connectivity index (χ0) is 15.7. The van der Waals surface area contributed by atoms with E-state index in [9.17, 15) is 21.6 Å². The van der Waals surface area contributed by atoms with Gasteiger partial charge in [-0.05, 0) is 25.4 Å². The van der Waals surface area contributed by atoms with Gasteiger partial charge in [-0.25, -0.2) is 13.1 Å².